The summed E-state index contributed by atoms with van der Waals surface area (Å²) in [7, 11) is 2.22. The molecule has 2 aliphatic heterocycles. The number of amides is 1. The van der Waals surface area contributed by atoms with E-state index >= 15 is 0 Å². The van der Waals surface area contributed by atoms with Crippen LogP contribution < -0.4 is 5.32 Å². The topological polar surface area (TPSA) is 32.3 Å². The van der Waals surface area contributed by atoms with E-state index in [4.69, 9.17) is 0 Å². The molecule has 1 aromatic rings. The number of fused-ring (bicyclic) bond motifs is 2. The molecule has 20 heavy (non-hydrogen) atoms. The van der Waals surface area contributed by atoms with E-state index in [1.807, 2.05) is 6.08 Å². The molecule has 2 bridgehead atoms. The molecule has 2 saturated heterocycles. The first-order chi connectivity index (χ1) is 9.72. The van der Waals surface area contributed by atoms with E-state index in [1.165, 1.54) is 23.3 Å². The Morgan fingerprint density at radius 2 is 2.20 bits per heavy atom. The van der Waals surface area contributed by atoms with Gasteiger partial charge in [0.2, 0.25) is 5.91 Å². The minimum absolute atomic E-state index is 0.0838. The van der Waals surface area contributed by atoms with Crippen LogP contribution in [0.15, 0.2) is 29.2 Å². The molecule has 2 fully saturated rings. The number of carbonyl (C=O) groups is 1. The molecule has 0 saturated carbocycles. The standard InChI is InChI=1S/C16H22N2OS/c1-18-13-4-5-14(18)10-12(9-13)11-16(19)17-7-6-15-3-2-8-20-15/h2-3,8,11,13-14H,4-7,9-10H2,1H3,(H,17,19). The molecule has 2 aliphatic rings. The second kappa shape index (κ2) is 6.10. The van der Waals surface area contributed by atoms with Crippen molar-refractivity contribution in [1.29, 1.82) is 0 Å². The summed E-state index contributed by atoms with van der Waals surface area (Å²) in [6.07, 6.45) is 7.51. The highest BCUT2D eigenvalue weighted by Gasteiger charge is 2.35. The van der Waals surface area contributed by atoms with Crippen LogP contribution in [0, 0.1) is 0 Å². The zero-order chi connectivity index (χ0) is 13.9. The van der Waals surface area contributed by atoms with Gasteiger partial charge in [-0.1, -0.05) is 11.6 Å². The fourth-order valence-electron chi connectivity index (χ4n) is 3.39. The number of hydrogen-bond acceptors (Lipinski definition) is 3. The molecule has 3 nitrogen and oxygen atoms in total. The van der Waals surface area contributed by atoms with E-state index in [2.05, 4.69) is 34.8 Å². The quantitative estimate of drug-likeness (QED) is 0.865. The maximum Gasteiger partial charge on any atom is 0.243 e. The number of nitrogens with one attached hydrogen (secondary N) is 1. The second-order valence-corrected chi connectivity index (χ2v) is 6.91. The predicted molar refractivity (Wildman–Crippen MR) is 82.9 cm³/mol. The summed E-state index contributed by atoms with van der Waals surface area (Å²) in [5.74, 6) is 0.0838. The summed E-state index contributed by atoms with van der Waals surface area (Å²) in [6, 6.07) is 5.50. The van der Waals surface area contributed by atoms with Gasteiger partial charge >= 0.3 is 0 Å². The first kappa shape index (κ1) is 13.8. The first-order valence-corrected chi connectivity index (χ1v) is 8.32. The van der Waals surface area contributed by atoms with Crippen molar-refractivity contribution in [1.82, 2.24) is 10.2 Å². The Morgan fingerprint density at radius 1 is 1.45 bits per heavy atom. The number of piperidine rings is 1. The number of hydrogen-bond donors (Lipinski definition) is 1. The van der Waals surface area contributed by atoms with Crippen molar-refractivity contribution < 1.29 is 4.79 Å². The van der Waals surface area contributed by atoms with Crippen LogP contribution in [0.1, 0.15) is 30.6 Å². The molecule has 2 atom stereocenters. The summed E-state index contributed by atoms with van der Waals surface area (Å²) >= 11 is 1.75. The van der Waals surface area contributed by atoms with Crippen molar-refractivity contribution >= 4 is 17.2 Å². The lowest BCUT2D eigenvalue weighted by Crippen LogP contribution is -2.37. The zero-order valence-electron chi connectivity index (χ0n) is 12.0. The third-order valence-electron chi connectivity index (χ3n) is 4.57. The van der Waals surface area contributed by atoms with Gasteiger partial charge in [0, 0.05) is 29.6 Å². The van der Waals surface area contributed by atoms with Crippen molar-refractivity contribution in [3.63, 3.8) is 0 Å². The Bertz CT molecular complexity index is 479. The van der Waals surface area contributed by atoms with Crippen LogP contribution in [0.2, 0.25) is 0 Å². The normalized spacial score (nSPS) is 25.8. The third kappa shape index (κ3) is 3.13. The Morgan fingerprint density at radius 3 is 2.85 bits per heavy atom. The molecule has 2 unspecified atom stereocenters. The molecule has 0 aromatic carbocycles. The van der Waals surface area contributed by atoms with Gasteiger partial charge in [-0.05, 0) is 50.6 Å². The van der Waals surface area contributed by atoms with Crippen molar-refractivity contribution in [3.8, 4) is 0 Å². The number of rotatable bonds is 4. The lowest BCUT2D eigenvalue weighted by atomic mass is 9.97. The van der Waals surface area contributed by atoms with Crippen LogP contribution in [0.25, 0.3) is 0 Å². The fourth-order valence-corrected chi connectivity index (χ4v) is 4.10. The predicted octanol–water partition coefficient (Wildman–Crippen LogP) is 2.59. The van der Waals surface area contributed by atoms with Crippen LogP contribution in [0.3, 0.4) is 0 Å². The molecule has 1 N–H and O–H groups in total. The van der Waals surface area contributed by atoms with Crippen molar-refractivity contribution in [2.24, 2.45) is 0 Å². The Balaban J connectivity index is 1.47. The Labute approximate surface area is 124 Å². The molecule has 108 valence electrons. The monoisotopic (exact) mass is 290 g/mol. The van der Waals surface area contributed by atoms with Crippen LogP contribution in [0.4, 0.5) is 0 Å². The first-order valence-electron chi connectivity index (χ1n) is 7.44. The lowest BCUT2D eigenvalue weighted by Gasteiger charge is -2.32. The number of thiophene rings is 1. The van der Waals surface area contributed by atoms with Crippen LogP contribution in [-0.2, 0) is 11.2 Å². The van der Waals surface area contributed by atoms with Gasteiger partial charge < -0.3 is 5.32 Å². The minimum atomic E-state index is 0.0838. The van der Waals surface area contributed by atoms with Gasteiger partial charge in [-0.3, -0.25) is 9.69 Å². The van der Waals surface area contributed by atoms with E-state index in [0.717, 1.165) is 25.8 Å². The largest absolute Gasteiger partial charge is 0.352 e. The van der Waals surface area contributed by atoms with Gasteiger partial charge in [-0.15, -0.1) is 11.3 Å². The summed E-state index contributed by atoms with van der Waals surface area (Å²) in [5, 5.41) is 5.08. The lowest BCUT2D eigenvalue weighted by molar-refractivity contribution is -0.116. The zero-order valence-corrected chi connectivity index (χ0v) is 12.8. The van der Waals surface area contributed by atoms with Gasteiger partial charge in [0.25, 0.3) is 0 Å². The Kier molecular flexibility index (Phi) is 4.22. The minimum Gasteiger partial charge on any atom is -0.352 e. The highest BCUT2D eigenvalue weighted by Crippen LogP contribution is 2.36. The van der Waals surface area contributed by atoms with Gasteiger partial charge in [-0.25, -0.2) is 0 Å². The molecule has 0 radical (unpaired) electrons. The maximum atomic E-state index is 12.0. The van der Waals surface area contributed by atoms with Crippen LogP contribution in [0.5, 0.6) is 0 Å². The van der Waals surface area contributed by atoms with E-state index in [9.17, 15) is 4.79 Å². The smallest absolute Gasteiger partial charge is 0.243 e. The van der Waals surface area contributed by atoms with E-state index in [-0.39, 0.29) is 5.91 Å². The molecule has 0 spiro atoms. The number of carbonyl (C=O) groups excluding carboxylic acids is 1. The van der Waals surface area contributed by atoms with Gasteiger partial charge in [0.1, 0.15) is 0 Å². The molecule has 3 heterocycles. The maximum absolute atomic E-state index is 12.0. The van der Waals surface area contributed by atoms with Crippen LogP contribution in [-0.4, -0.2) is 36.5 Å². The third-order valence-corrected chi connectivity index (χ3v) is 5.50. The van der Waals surface area contributed by atoms with E-state index < -0.39 is 0 Å². The SMILES string of the molecule is CN1C2CCC1CC(=CC(=O)NCCc1cccs1)C2. The molecular formula is C16H22N2OS. The molecule has 1 amide bonds. The van der Waals surface area contributed by atoms with E-state index in [0.29, 0.717) is 12.1 Å². The van der Waals surface area contributed by atoms with Crippen molar-refractivity contribution in [2.45, 2.75) is 44.2 Å². The van der Waals surface area contributed by atoms with Gasteiger partial charge in [0.15, 0.2) is 0 Å². The molecule has 1 aromatic heterocycles. The average Bonchev–Trinajstić information content (AvgIpc) is 2.98. The average molecular weight is 290 g/mol. The van der Waals surface area contributed by atoms with Crippen molar-refractivity contribution in [3.05, 3.63) is 34.0 Å². The van der Waals surface area contributed by atoms with Gasteiger partial charge in [-0.2, -0.15) is 0 Å². The molecule has 3 rings (SSSR count). The van der Waals surface area contributed by atoms with Gasteiger partial charge in [0.05, 0.1) is 0 Å². The van der Waals surface area contributed by atoms with Crippen LogP contribution >= 0.6 is 11.3 Å². The fraction of sp³-hybridized carbons (Fsp3) is 0.562. The summed E-state index contributed by atoms with van der Waals surface area (Å²) < 4.78 is 0. The second-order valence-electron chi connectivity index (χ2n) is 5.88. The summed E-state index contributed by atoms with van der Waals surface area (Å²) in [5.41, 5.74) is 1.34. The highest BCUT2D eigenvalue weighted by atomic mass is 32.1. The van der Waals surface area contributed by atoms with E-state index in [1.54, 1.807) is 11.3 Å². The molecule has 0 aliphatic carbocycles. The molecular weight excluding hydrogens is 268 g/mol. The number of nitrogens with zero attached hydrogens (tertiary/aromatic N) is 1. The Hall–Kier alpha value is -1.13. The summed E-state index contributed by atoms with van der Waals surface area (Å²) in [6.45, 7) is 0.732. The molecule has 4 heteroatoms. The summed E-state index contributed by atoms with van der Waals surface area (Å²) in [4.78, 5) is 15.8. The highest BCUT2D eigenvalue weighted by molar-refractivity contribution is 7.09. The van der Waals surface area contributed by atoms with Crippen molar-refractivity contribution in [2.75, 3.05) is 13.6 Å².